The molecule has 0 spiro atoms. The fraction of sp³-hybridized carbons (Fsp3) is 0.500. The van der Waals surface area contributed by atoms with Crippen LogP contribution in [0.4, 0.5) is 0 Å². The van der Waals surface area contributed by atoms with Crippen LogP contribution in [0.1, 0.15) is 37.8 Å². The Morgan fingerprint density at radius 3 is 2.86 bits per heavy atom. The molecule has 0 saturated carbocycles. The van der Waals surface area contributed by atoms with E-state index in [1.54, 1.807) is 0 Å². The zero-order valence-electron chi connectivity index (χ0n) is 12.7. The fourth-order valence-corrected chi connectivity index (χ4v) is 4.50. The third kappa shape index (κ3) is 3.58. The summed E-state index contributed by atoms with van der Waals surface area (Å²) >= 11 is 2.10. The Kier molecular flexibility index (Phi) is 5.15. The van der Waals surface area contributed by atoms with Crippen molar-refractivity contribution in [2.75, 3.05) is 18.1 Å². The second-order valence-corrected chi connectivity index (χ2v) is 7.05. The monoisotopic (exact) mass is 300 g/mol. The van der Waals surface area contributed by atoms with Gasteiger partial charge in [-0.1, -0.05) is 31.2 Å². The number of hydrogen-bond donors (Lipinski definition) is 1. The normalized spacial score (nSPS) is 18.0. The van der Waals surface area contributed by atoms with Gasteiger partial charge in [0, 0.05) is 17.6 Å². The molecule has 1 aromatic carbocycles. The van der Waals surface area contributed by atoms with Gasteiger partial charge in [-0.2, -0.15) is 11.8 Å². The maximum absolute atomic E-state index is 4.63. The molecule has 0 radical (unpaired) electrons. The van der Waals surface area contributed by atoms with Crippen molar-refractivity contribution in [2.24, 2.45) is 5.92 Å². The first-order chi connectivity index (χ1) is 10.4. The smallest absolute Gasteiger partial charge is 0.0749 e. The first-order valence-corrected chi connectivity index (χ1v) is 9.18. The van der Waals surface area contributed by atoms with Gasteiger partial charge in [0.1, 0.15) is 0 Å². The lowest BCUT2D eigenvalue weighted by molar-refractivity contribution is 0.375. The summed E-state index contributed by atoms with van der Waals surface area (Å²) in [6.07, 6.45) is 5.88. The maximum Gasteiger partial charge on any atom is 0.0749 e. The van der Waals surface area contributed by atoms with Crippen LogP contribution in [0.15, 0.2) is 36.5 Å². The number of nitrogens with one attached hydrogen (secondary N) is 1. The summed E-state index contributed by atoms with van der Waals surface area (Å²) < 4.78 is 0. The first-order valence-electron chi connectivity index (χ1n) is 8.03. The second kappa shape index (κ2) is 7.28. The van der Waals surface area contributed by atoms with E-state index in [1.807, 2.05) is 12.3 Å². The topological polar surface area (TPSA) is 24.9 Å². The van der Waals surface area contributed by atoms with Gasteiger partial charge in [-0.15, -0.1) is 0 Å². The number of pyridine rings is 1. The molecule has 2 aromatic rings. The van der Waals surface area contributed by atoms with Crippen molar-refractivity contribution in [3.8, 4) is 0 Å². The molecule has 112 valence electrons. The predicted molar refractivity (Wildman–Crippen MR) is 92.8 cm³/mol. The van der Waals surface area contributed by atoms with E-state index in [9.17, 15) is 0 Å². The molecule has 1 aliphatic heterocycles. The quantitative estimate of drug-likeness (QED) is 0.885. The first kappa shape index (κ1) is 14.9. The van der Waals surface area contributed by atoms with Gasteiger partial charge in [0.15, 0.2) is 0 Å². The summed E-state index contributed by atoms with van der Waals surface area (Å²) in [7, 11) is 0. The minimum Gasteiger partial charge on any atom is -0.310 e. The zero-order valence-corrected chi connectivity index (χ0v) is 13.5. The molecule has 1 aromatic heterocycles. The van der Waals surface area contributed by atoms with Crippen LogP contribution in [0.5, 0.6) is 0 Å². The van der Waals surface area contributed by atoms with Gasteiger partial charge in [0.05, 0.1) is 5.52 Å². The lowest BCUT2D eigenvalue weighted by atomic mass is 9.89. The van der Waals surface area contributed by atoms with Gasteiger partial charge in [-0.3, -0.25) is 4.98 Å². The number of rotatable bonds is 5. The minimum atomic E-state index is 0.432. The molecule has 1 fully saturated rings. The Bertz CT molecular complexity index is 573. The van der Waals surface area contributed by atoms with Crippen LogP contribution >= 0.6 is 11.8 Å². The summed E-state index contributed by atoms with van der Waals surface area (Å²) in [5.41, 5.74) is 2.53. The minimum absolute atomic E-state index is 0.432. The molecule has 1 saturated heterocycles. The maximum atomic E-state index is 4.63. The van der Waals surface area contributed by atoms with Gasteiger partial charge >= 0.3 is 0 Å². The second-order valence-electron chi connectivity index (χ2n) is 5.82. The summed E-state index contributed by atoms with van der Waals surface area (Å²) in [6, 6.07) is 11.2. The number of nitrogens with zero attached hydrogens (tertiary/aromatic N) is 1. The van der Waals surface area contributed by atoms with Gasteiger partial charge in [0.25, 0.3) is 0 Å². The van der Waals surface area contributed by atoms with E-state index in [1.165, 1.54) is 41.7 Å². The van der Waals surface area contributed by atoms with Crippen LogP contribution in [0.3, 0.4) is 0 Å². The lowest BCUT2D eigenvalue weighted by Crippen LogP contribution is -2.25. The van der Waals surface area contributed by atoms with E-state index in [0.717, 1.165) is 18.0 Å². The van der Waals surface area contributed by atoms with E-state index < -0.39 is 0 Å². The Morgan fingerprint density at radius 2 is 2.05 bits per heavy atom. The van der Waals surface area contributed by atoms with Crippen molar-refractivity contribution in [3.05, 3.63) is 42.1 Å². The molecule has 0 amide bonds. The molecule has 1 atom stereocenters. The third-order valence-corrected chi connectivity index (χ3v) is 5.45. The average Bonchev–Trinajstić information content (AvgIpc) is 2.55. The largest absolute Gasteiger partial charge is 0.310 e. The molecule has 0 bridgehead atoms. The predicted octanol–water partition coefficient (Wildman–Crippen LogP) is 4.42. The highest BCUT2D eigenvalue weighted by atomic mass is 32.2. The Labute approximate surface area is 131 Å². The number of aromatic nitrogens is 1. The highest BCUT2D eigenvalue weighted by molar-refractivity contribution is 7.99. The lowest BCUT2D eigenvalue weighted by Gasteiger charge is -2.27. The Balaban J connectivity index is 1.87. The highest BCUT2D eigenvalue weighted by Gasteiger charge is 2.21. The van der Waals surface area contributed by atoms with Crippen molar-refractivity contribution in [3.63, 3.8) is 0 Å². The number of fused-ring (bicyclic) bond motifs is 1. The zero-order chi connectivity index (χ0) is 14.5. The van der Waals surface area contributed by atoms with Crippen molar-refractivity contribution in [1.82, 2.24) is 10.3 Å². The fourth-order valence-electron chi connectivity index (χ4n) is 3.29. The summed E-state index contributed by atoms with van der Waals surface area (Å²) in [6.45, 7) is 3.21. The van der Waals surface area contributed by atoms with Gasteiger partial charge in [-0.05, 0) is 54.9 Å². The van der Waals surface area contributed by atoms with E-state index in [2.05, 4.69) is 53.3 Å². The van der Waals surface area contributed by atoms with E-state index >= 15 is 0 Å². The van der Waals surface area contributed by atoms with Crippen molar-refractivity contribution < 1.29 is 0 Å². The molecule has 2 heterocycles. The van der Waals surface area contributed by atoms with E-state index in [0.29, 0.717) is 6.04 Å². The Morgan fingerprint density at radius 1 is 1.24 bits per heavy atom. The average molecular weight is 300 g/mol. The molecular weight excluding hydrogens is 276 g/mol. The van der Waals surface area contributed by atoms with E-state index in [-0.39, 0.29) is 0 Å². The van der Waals surface area contributed by atoms with Gasteiger partial charge in [-0.25, -0.2) is 0 Å². The summed E-state index contributed by atoms with van der Waals surface area (Å²) in [4.78, 5) is 4.63. The van der Waals surface area contributed by atoms with Crippen LogP contribution in [0.25, 0.3) is 10.9 Å². The summed E-state index contributed by atoms with van der Waals surface area (Å²) in [5, 5.41) is 4.94. The Hall–Kier alpha value is -1.06. The molecule has 2 nitrogen and oxygen atoms in total. The SMILES string of the molecule is CCNC(CC1CCSCC1)c1cccc2cccnc12. The van der Waals surface area contributed by atoms with Crippen LogP contribution in [-0.4, -0.2) is 23.0 Å². The molecule has 1 unspecified atom stereocenters. The molecular formula is C18H24N2S. The van der Waals surface area contributed by atoms with Crippen LogP contribution < -0.4 is 5.32 Å². The molecule has 3 rings (SSSR count). The standard InChI is InChI=1S/C18H24N2S/c1-2-19-17(13-14-8-11-21-12-9-14)16-7-3-5-15-6-4-10-20-18(15)16/h3-7,10,14,17,19H,2,8-9,11-13H2,1H3. The molecule has 21 heavy (non-hydrogen) atoms. The number of para-hydroxylation sites is 1. The van der Waals surface area contributed by atoms with E-state index in [4.69, 9.17) is 0 Å². The van der Waals surface area contributed by atoms with Crippen molar-refractivity contribution >= 4 is 22.7 Å². The van der Waals surface area contributed by atoms with Crippen molar-refractivity contribution in [1.29, 1.82) is 0 Å². The highest BCUT2D eigenvalue weighted by Crippen LogP contribution is 2.33. The number of hydrogen-bond acceptors (Lipinski definition) is 3. The third-order valence-electron chi connectivity index (χ3n) is 4.40. The molecule has 1 aliphatic rings. The van der Waals surface area contributed by atoms with Crippen molar-refractivity contribution in [2.45, 2.75) is 32.2 Å². The van der Waals surface area contributed by atoms with Crippen LogP contribution in [0, 0.1) is 5.92 Å². The molecule has 3 heteroatoms. The summed E-state index contributed by atoms with van der Waals surface area (Å²) in [5.74, 6) is 3.52. The number of benzene rings is 1. The van der Waals surface area contributed by atoms with Gasteiger partial charge < -0.3 is 5.32 Å². The molecule has 1 N–H and O–H groups in total. The molecule has 0 aliphatic carbocycles. The van der Waals surface area contributed by atoms with Gasteiger partial charge in [0.2, 0.25) is 0 Å². The van der Waals surface area contributed by atoms with Crippen LogP contribution in [0.2, 0.25) is 0 Å². The van der Waals surface area contributed by atoms with Crippen LogP contribution in [-0.2, 0) is 0 Å². The number of thioether (sulfide) groups is 1.